The van der Waals surface area contributed by atoms with Gasteiger partial charge in [0.2, 0.25) is 0 Å². The van der Waals surface area contributed by atoms with Crippen molar-refractivity contribution in [2.24, 2.45) is 11.8 Å². The van der Waals surface area contributed by atoms with Crippen LogP contribution in [0, 0.1) is 18.8 Å². The van der Waals surface area contributed by atoms with Crippen molar-refractivity contribution < 1.29 is 0 Å². The molecule has 1 aromatic heterocycles. The number of hydrogen-bond acceptors (Lipinski definition) is 2. The average Bonchev–Trinajstić information content (AvgIpc) is 2.74. The molecule has 21 heavy (non-hydrogen) atoms. The van der Waals surface area contributed by atoms with Gasteiger partial charge in [-0.05, 0) is 61.0 Å². The van der Waals surface area contributed by atoms with Crippen molar-refractivity contribution in [1.29, 1.82) is 0 Å². The molecule has 0 radical (unpaired) electrons. The van der Waals surface area contributed by atoms with Crippen molar-refractivity contribution >= 4 is 15.9 Å². The third-order valence-corrected chi connectivity index (χ3v) is 5.91. The summed E-state index contributed by atoms with van der Waals surface area (Å²) in [7, 11) is 0. The summed E-state index contributed by atoms with van der Waals surface area (Å²) in [6.45, 7) is 10.9. The van der Waals surface area contributed by atoms with E-state index in [1.165, 1.54) is 35.8 Å². The zero-order valence-electron chi connectivity index (χ0n) is 14.0. The number of likely N-dealkylation sites (N-methyl/N-ethyl adjacent to an activating group) is 1. The van der Waals surface area contributed by atoms with Crippen LogP contribution in [-0.4, -0.2) is 22.4 Å². The van der Waals surface area contributed by atoms with Crippen LogP contribution in [0.15, 0.2) is 4.47 Å². The van der Waals surface area contributed by atoms with Crippen LogP contribution in [0.1, 0.15) is 57.8 Å². The maximum Gasteiger partial charge on any atom is 0.0738 e. The lowest BCUT2D eigenvalue weighted by molar-refractivity contribution is 0.220. The molecule has 0 bridgehead atoms. The molecule has 1 fully saturated rings. The molecule has 4 heteroatoms. The van der Waals surface area contributed by atoms with Gasteiger partial charge in [0.1, 0.15) is 0 Å². The van der Waals surface area contributed by atoms with Gasteiger partial charge in [-0.1, -0.05) is 26.7 Å². The van der Waals surface area contributed by atoms with Crippen LogP contribution >= 0.6 is 15.9 Å². The highest BCUT2D eigenvalue weighted by Gasteiger charge is 2.28. The van der Waals surface area contributed by atoms with Gasteiger partial charge in [0.05, 0.1) is 15.9 Å². The minimum atomic E-state index is 0.579. The molecule has 3 atom stereocenters. The fourth-order valence-electron chi connectivity index (χ4n) is 3.79. The van der Waals surface area contributed by atoms with Gasteiger partial charge in [0.15, 0.2) is 0 Å². The monoisotopic (exact) mass is 355 g/mol. The second kappa shape index (κ2) is 7.77. The van der Waals surface area contributed by atoms with E-state index in [1.807, 2.05) is 0 Å². The number of nitrogens with zero attached hydrogens (tertiary/aromatic N) is 2. The van der Waals surface area contributed by atoms with E-state index in [9.17, 15) is 0 Å². The third-order valence-electron chi connectivity index (χ3n) is 4.88. The highest BCUT2D eigenvalue weighted by Crippen LogP contribution is 2.33. The quantitative estimate of drug-likeness (QED) is 0.823. The van der Waals surface area contributed by atoms with E-state index in [0.29, 0.717) is 6.04 Å². The van der Waals surface area contributed by atoms with Crippen molar-refractivity contribution in [3.05, 3.63) is 15.9 Å². The summed E-state index contributed by atoms with van der Waals surface area (Å²) in [6.07, 6.45) is 6.62. The molecule has 1 aromatic rings. The Balaban J connectivity index is 2.16. The average molecular weight is 356 g/mol. The summed E-state index contributed by atoms with van der Waals surface area (Å²) < 4.78 is 3.37. The van der Waals surface area contributed by atoms with Crippen molar-refractivity contribution in [3.8, 4) is 0 Å². The van der Waals surface area contributed by atoms with Crippen LogP contribution in [0.5, 0.6) is 0 Å². The summed E-state index contributed by atoms with van der Waals surface area (Å²) in [5, 5.41) is 8.39. The first-order valence-electron chi connectivity index (χ1n) is 8.51. The smallest absolute Gasteiger partial charge is 0.0738 e. The molecular formula is C17H30BrN3. The minimum absolute atomic E-state index is 0.579. The number of aryl methyl sites for hydroxylation is 2. The maximum absolute atomic E-state index is 4.64. The Bertz CT molecular complexity index is 455. The van der Waals surface area contributed by atoms with Gasteiger partial charge in [0, 0.05) is 19.0 Å². The molecule has 1 aliphatic rings. The van der Waals surface area contributed by atoms with E-state index in [2.05, 4.69) is 58.7 Å². The fraction of sp³-hybridized carbons (Fsp3) is 0.824. The first kappa shape index (κ1) is 17.0. The summed E-state index contributed by atoms with van der Waals surface area (Å²) in [6, 6.07) is 0.579. The molecule has 2 rings (SSSR count). The molecule has 1 aliphatic carbocycles. The van der Waals surface area contributed by atoms with Crippen LogP contribution in [0.3, 0.4) is 0 Å². The number of rotatable bonds is 6. The van der Waals surface area contributed by atoms with E-state index in [4.69, 9.17) is 0 Å². The summed E-state index contributed by atoms with van der Waals surface area (Å²) in [4.78, 5) is 0. The summed E-state index contributed by atoms with van der Waals surface area (Å²) >= 11 is 3.75. The van der Waals surface area contributed by atoms with Crippen molar-refractivity contribution in [3.63, 3.8) is 0 Å². The highest BCUT2D eigenvalue weighted by atomic mass is 79.9. The predicted molar refractivity (Wildman–Crippen MR) is 92.6 cm³/mol. The van der Waals surface area contributed by atoms with Crippen molar-refractivity contribution in [1.82, 2.24) is 15.1 Å². The Morgan fingerprint density at radius 3 is 2.76 bits per heavy atom. The molecule has 120 valence electrons. The number of nitrogens with one attached hydrogen (secondary N) is 1. The summed E-state index contributed by atoms with van der Waals surface area (Å²) in [5.41, 5.74) is 2.47. The Morgan fingerprint density at radius 1 is 1.38 bits per heavy atom. The molecule has 0 saturated heterocycles. The Labute approximate surface area is 138 Å². The SMILES string of the molecule is CCNC(Cc1c(Br)c(C)nn1CC)C1CCCC(C)C1. The Morgan fingerprint density at radius 2 is 2.14 bits per heavy atom. The van der Waals surface area contributed by atoms with Gasteiger partial charge in [-0.3, -0.25) is 4.68 Å². The molecule has 3 unspecified atom stereocenters. The Kier molecular flexibility index (Phi) is 6.30. The largest absolute Gasteiger partial charge is 0.314 e. The van der Waals surface area contributed by atoms with Crippen LogP contribution in [0.2, 0.25) is 0 Å². The van der Waals surface area contributed by atoms with Gasteiger partial charge in [-0.2, -0.15) is 5.10 Å². The predicted octanol–water partition coefficient (Wildman–Crippen LogP) is 4.32. The van der Waals surface area contributed by atoms with E-state index in [-0.39, 0.29) is 0 Å². The number of aromatic nitrogens is 2. The van der Waals surface area contributed by atoms with E-state index >= 15 is 0 Å². The zero-order chi connectivity index (χ0) is 15.4. The molecule has 1 heterocycles. The topological polar surface area (TPSA) is 29.9 Å². The van der Waals surface area contributed by atoms with Gasteiger partial charge in [-0.15, -0.1) is 0 Å². The third kappa shape index (κ3) is 4.10. The second-order valence-electron chi connectivity index (χ2n) is 6.56. The Hall–Kier alpha value is -0.350. The first-order valence-corrected chi connectivity index (χ1v) is 9.31. The van der Waals surface area contributed by atoms with E-state index in [0.717, 1.165) is 37.0 Å². The van der Waals surface area contributed by atoms with Gasteiger partial charge < -0.3 is 5.32 Å². The molecule has 0 spiro atoms. The molecule has 0 aromatic carbocycles. The molecule has 1 N–H and O–H groups in total. The fourth-order valence-corrected chi connectivity index (χ4v) is 4.23. The lowest BCUT2D eigenvalue weighted by atomic mass is 9.77. The normalized spacial score (nSPS) is 24.2. The van der Waals surface area contributed by atoms with Crippen LogP contribution in [0.25, 0.3) is 0 Å². The van der Waals surface area contributed by atoms with Crippen molar-refractivity contribution in [2.45, 2.75) is 72.4 Å². The maximum atomic E-state index is 4.64. The van der Waals surface area contributed by atoms with Crippen LogP contribution < -0.4 is 5.32 Å². The van der Waals surface area contributed by atoms with E-state index < -0.39 is 0 Å². The lowest BCUT2D eigenvalue weighted by Crippen LogP contribution is -2.40. The van der Waals surface area contributed by atoms with Gasteiger partial charge in [-0.25, -0.2) is 0 Å². The van der Waals surface area contributed by atoms with Gasteiger partial charge in [0.25, 0.3) is 0 Å². The van der Waals surface area contributed by atoms with Gasteiger partial charge >= 0.3 is 0 Å². The molecule has 0 aliphatic heterocycles. The molecule has 1 saturated carbocycles. The second-order valence-corrected chi connectivity index (χ2v) is 7.35. The molecular weight excluding hydrogens is 326 g/mol. The van der Waals surface area contributed by atoms with Crippen LogP contribution in [0.4, 0.5) is 0 Å². The lowest BCUT2D eigenvalue weighted by Gasteiger charge is -2.34. The molecule has 3 nitrogen and oxygen atoms in total. The first-order chi connectivity index (χ1) is 10.1. The number of halogens is 1. The number of hydrogen-bond donors (Lipinski definition) is 1. The standard InChI is InChI=1S/C17H30BrN3/c1-5-19-15(14-9-7-8-12(3)10-14)11-16-17(18)13(4)20-21(16)6-2/h12,14-15,19H,5-11H2,1-4H3. The molecule has 0 amide bonds. The highest BCUT2D eigenvalue weighted by molar-refractivity contribution is 9.10. The van der Waals surface area contributed by atoms with Crippen molar-refractivity contribution in [2.75, 3.05) is 6.54 Å². The zero-order valence-corrected chi connectivity index (χ0v) is 15.5. The van der Waals surface area contributed by atoms with Crippen LogP contribution in [-0.2, 0) is 13.0 Å². The minimum Gasteiger partial charge on any atom is -0.314 e. The summed E-state index contributed by atoms with van der Waals surface area (Å²) in [5.74, 6) is 1.69. The van der Waals surface area contributed by atoms with E-state index in [1.54, 1.807) is 0 Å².